The Morgan fingerprint density at radius 2 is 1.54 bits per heavy atom. The van der Waals surface area contributed by atoms with Crippen LogP contribution in [-0.2, 0) is 17.3 Å². The van der Waals surface area contributed by atoms with Crippen molar-refractivity contribution in [3.8, 4) is 5.69 Å². The third-order valence-corrected chi connectivity index (χ3v) is 14.6. The molecule has 5 aromatic carbocycles. The van der Waals surface area contributed by atoms with Gasteiger partial charge in [-0.2, -0.15) is 0 Å². The second-order valence-electron chi connectivity index (χ2n) is 19.1. The van der Waals surface area contributed by atoms with E-state index in [1.54, 1.807) is 5.57 Å². The van der Waals surface area contributed by atoms with Crippen molar-refractivity contribution in [2.24, 2.45) is 10.9 Å². The standard InChI is InChI=1S/C56H59N3/c1-7-50(46-33-40-20-12-13-21-42(40)44-23-15-16-24-45(44)46)58-54(57-36(2)37-17-9-8-10-18-37)39-25-28-41(29-26-39)59-51-30-27-38-19-11-14-22-43(38)53(51)47-34-48-49(35-52(47)59)56(5,6)32-31-55(48,3)4/h8-9,11-15,17,19-23,25-30,34-36,46,50H,7,10,16,18,24,31-33H2,1-6H3,(H,57,58). The van der Waals surface area contributed by atoms with Crippen molar-refractivity contribution in [3.63, 3.8) is 0 Å². The highest BCUT2D eigenvalue weighted by atomic mass is 15.0. The van der Waals surface area contributed by atoms with E-state index in [9.17, 15) is 0 Å². The van der Waals surface area contributed by atoms with Gasteiger partial charge in [-0.15, -0.1) is 0 Å². The number of aromatic nitrogens is 1. The average Bonchev–Trinajstić information content (AvgIpc) is 3.60. The molecular formula is C56H59N3. The summed E-state index contributed by atoms with van der Waals surface area (Å²) in [6, 6.07) is 37.4. The molecule has 10 rings (SSSR count). The minimum atomic E-state index is 0.116. The van der Waals surface area contributed by atoms with E-state index in [1.165, 1.54) is 84.5 Å². The first-order valence-electron chi connectivity index (χ1n) is 22.4. The van der Waals surface area contributed by atoms with Crippen molar-refractivity contribution in [1.29, 1.82) is 0 Å². The van der Waals surface area contributed by atoms with E-state index in [4.69, 9.17) is 4.99 Å². The van der Waals surface area contributed by atoms with E-state index in [-0.39, 0.29) is 22.9 Å². The molecule has 0 radical (unpaired) electrons. The van der Waals surface area contributed by atoms with Gasteiger partial charge < -0.3 is 9.88 Å². The van der Waals surface area contributed by atoms with E-state index in [2.05, 4.69) is 179 Å². The summed E-state index contributed by atoms with van der Waals surface area (Å²) in [5, 5.41) is 9.30. The lowest BCUT2D eigenvalue weighted by Gasteiger charge is -2.42. The van der Waals surface area contributed by atoms with Crippen LogP contribution in [0.25, 0.3) is 43.8 Å². The molecule has 3 nitrogen and oxygen atoms in total. The molecule has 0 amide bonds. The maximum absolute atomic E-state index is 5.79. The summed E-state index contributed by atoms with van der Waals surface area (Å²) in [4.78, 5) is 5.79. The van der Waals surface area contributed by atoms with Crippen LogP contribution in [0.5, 0.6) is 0 Å². The average molecular weight is 774 g/mol. The van der Waals surface area contributed by atoms with Gasteiger partial charge in [-0.1, -0.05) is 125 Å². The van der Waals surface area contributed by atoms with Gasteiger partial charge in [0, 0.05) is 34.0 Å². The molecule has 3 atom stereocenters. The molecule has 298 valence electrons. The lowest BCUT2D eigenvalue weighted by Crippen LogP contribution is -2.37. The van der Waals surface area contributed by atoms with Crippen LogP contribution in [0.4, 0.5) is 0 Å². The molecule has 1 aromatic heterocycles. The smallest absolute Gasteiger partial charge is 0.129 e. The molecule has 59 heavy (non-hydrogen) atoms. The first kappa shape index (κ1) is 37.8. The maximum Gasteiger partial charge on any atom is 0.129 e. The van der Waals surface area contributed by atoms with Crippen LogP contribution >= 0.6 is 0 Å². The Morgan fingerprint density at radius 3 is 2.32 bits per heavy atom. The van der Waals surface area contributed by atoms with E-state index in [0.717, 1.165) is 49.9 Å². The number of amidine groups is 1. The number of benzene rings is 5. The zero-order valence-electron chi connectivity index (χ0n) is 35.9. The molecule has 1 N–H and O–H groups in total. The quantitative estimate of drug-likeness (QED) is 0.127. The normalized spacial score (nSPS) is 20.6. The highest BCUT2D eigenvalue weighted by Crippen LogP contribution is 2.49. The molecule has 0 saturated carbocycles. The Balaban J connectivity index is 1.11. The number of hydrogen-bond donors (Lipinski definition) is 1. The van der Waals surface area contributed by atoms with Gasteiger partial charge in [-0.05, 0) is 156 Å². The molecule has 4 aliphatic rings. The monoisotopic (exact) mass is 773 g/mol. The fourth-order valence-corrected chi connectivity index (χ4v) is 11.0. The van der Waals surface area contributed by atoms with Gasteiger partial charge in [0.05, 0.1) is 17.1 Å². The van der Waals surface area contributed by atoms with Gasteiger partial charge in [-0.25, -0.2) is 0 Å². The molecule has 1 heterocycles. The minimum absolute atomic E-state index is 0.116. The summed E-state index contributed by atoms with van der Waals surface area (Å²) in [5.41, 5.74) is 15.5. The maximum atomic E-state index is 5.79. The largest absolute Gasteiger partial charge is 0.364 e. The Bertz CT molecular complexity index is 2780. The molecule has 0 aliphatic heterocycles. The zero-order chi connectivity index (χ0) is 40.5. The van der Waals surface area contributed by atoms with Crippen molar-refractivity contribution < 1.29 is 0 Å². The Hall–Kier alpha value is -5.41. The lowest BCUT2D eigenvalue weighted by molar-refractivity contribution is 0.332. The van der Waals surface area contributed by atoms with E-state index in [0.29, 0.717) is 5.92 Å². The number of rotatable bonds is 7. The Labute approximate surface area is 351 Å². The molecule has 3 heteroatoms. The first-order chi connectivity index (χ1) is 28.6. The van der Waals surface area contributed by atoms with Gasteiger partial charge in [-0.3, -0.25) is 4.99 Å². The molecular weight excluding hydrogens is 715 g/mol. The zero-order valence-corrected chi connectivity index (χ0v) is 35.9. The summed E-state index contributed by atoms with van der Waals surface area (Å²) in [7, 11) is 0. The molecule has 6 aromatic rings. The number of aliphatic imine (C=N–C) groups is 1. The van der Waals surface area contributed by atoms with Crippen LogP contribution < -0.4 is 5.32 Å². The fourth-order valence-electron chi connectivity index (χ4n) is 11.0. The summed E-state index contributed by atoms with van der Waals surface area (Å²) in [5.74, 6) is 1.38. The van der Waals surface area contributed by atoms with Gasteiger partial charge in [0.25, 0.3) is 0 Å². The van der Waals surface area contributed by atoms with Crippen LogP contribution in [0.2, 0.25) is 0 Å². The highest BCUT2D eigenvalue weighted by Gasteiger charge is 2.38. The summed E-state index contributed by atoms with van der Waals surface area (Å²) in [6.07, 6.45) is 20.4. The van der Waals surface area contributed by atoms with Crippen molar-refractivity contribution >= 4 is 44.0 Å². The molecule has 4 aliphatic carbocycles. The second-order valence-corrected chi connectivity index (χ2v) is 19.1. The van der Waals surface area contributed by atoms with Crippen LogP contribution in [0.3, 0.4) is 0 Å². The first-order valence-corrected chi connectivity index (χ1v) is 22.4. The summed E-state index contributed by atoms with van der Waals surface area (Å²) in [6.45, 7) is 14.4. The predicted octanol–water partition coefficient (Wildman–Crippen LogP) is 14.0. The Morgan fingerprint density at radius 1 is 0.797 bits per heavy atom. The summed E-state index contributed by atoms with van der Waals surface area (Å²) >= 11 is 0. The van der Waals surface area contributed by atoms with E-state index < -0.39 is 0 Å². The van der Waals surface area contributed by atoms with Gasteiger partial charge in [0.1, 0.15) is 5.84 Å². The molecule has 3 unspecified atom stereocenters. The molecule has 0 saturated heterocycles. The molecule has 0 fully saturated rings. The molecule has 0 bridgehead atoms. The summed E-state index contributed by atoms with van der Waals surface area (Å²) < 4.78 is 2.53. The van der Waals surface area contributed by atoms with Gasteiger partial charge in [0.15, 0.2) is 0 Å². The second kappa shape index (κ2) is 14.7. The van der Waals surface area contributed by atoms with Crippen molar-refractivity contribution in [2.75, 3.05) is 0 Å². The topological polar surface area (TPSA) is 29.3 Å². The SMILES string of the molecule is CCC(/N=C(\NC(C)C1=CC=CCC1)c1ccc(-n2c3cc4c(cc3c3c5ccccc5ccc32)C(C)(C)CCC4(C)C)cc1)C1Cc2ccccc2C2=C1CCC=C2. The molecule has 0 spiro atoms. The Kier molecular flexibility index (Phi) is 9.42. The van der Waals surface area contributed by atoms with Crippen LogP contribution in [0.15, 0.2) is 144 Å². The van der Waals surface area contributed by atoms with E-state index in [1.807, 2.05) is 0 Å². The fraction of sp³-hybridized carbons (Fsp3) is 0.339. The number of hydrogen-bond acceptors (Lipinski definition) is 1. The third-order valence-electron chi connectivity index (χ3n) is 14.6. The van der Waals surface area contributed by atoms with Crippen molar-refractivity contribution in [3.05, 3.63) is 166 Å². The van der Waals surface area contributed by atoms with Gasteiger partial charge >= 0.3 is 0 Å². The van der Waals surface area contributed by atoms with Crippen LogP contribution in [-0.4, -0.2) is 22.5 Å². The van der Waals surface area contributed by atoms with Crippen LogP contribution in [0.1, 0.15) is 114 Å². The number of fused-ring (bicyclic) bond motifs is 8. The van der Waals surface area contributed by atoms with Gasteiger partial charge in [0.2, 0.25) is 0 Å². The predicted molar refractivity (Wildman–Crippen MR) is 252 cm³/mol. The van der Waals surface area contributed by atoms with Crippen LogP contribution in [0, 0.1) is 5.92 Å². The lowest BCUT2D eigenvalue weighted by atomic mass is 9.63. The highest BCUT2D eigenvalue weighted by molar-refractivity contribution is 6.21. The third kappa shape index (κ3) is 6.53. The van der Waals surface area contributed by atoms with E-state index >= 15 is 0 Å². The van der Waals surface area contributed by atoms with Crippen molar-refractivity contribution in [2.45, 2.75) is 116 Å². The van der Waals surface area contributed by atoms with Crippen molar-refractivity contribution in [1.82, 2.24) is 9.88 Å². The minimum Gasteiger partial charge on any atom is -0.364 e. The number of allylic oxidation sites excluding steroid dienone is 6. The number of nitrogens with zero attached hydrogens (tertiary/aromatic N) is 2. The number of nitrogens with one attached hydrogen (secondary N) is 1.